The van der Waals surface area contributed by atoms with Gasteiger partial charge in [0.25, 0.3) is 0 Å². The Morgan fingerprint density at radius 1 is 1.45 bits per heavy atom. The molecule has 3 N–H and O–H groups in total. The molecule has 3 atom stereocenters. The van der Waals surface area contributed by atoms with Crippen LogP contribution in [0, 0.1) is 11.8 Å². The predicted octanol–water partition coefficient (Wildman–Crippen LogP) is 0.996. The fourth-order valence-electron chi connectivity index (χ4n) is 2.75. The predicted molar refractivity (Wildman–Crippen MR) is 79.2 cm³/mol. The zero-order chi connectivity index (χ0) is 15.1. The molecule has 1 saturated heterocycles. The molecule has 5 nitrogen and oxygen atoms in total. The van der Waals surface area contributed by atoms with E-state index in [-0.39, 0.29) is 24.7 Å². The average Bonchev–Trinajstić information content (AvgIpc) is 2.43. The molecule has 0 aliphatic carbocycles. The molecule has 0 bridgehead atoms. The summed E-state index contributed by atoms with van der Waals surface area (Å²) in [6.45, 7) is 8.02. The topological polar surface area (TPSA) is 75.8 Å². The van der Waals surface area contributed by atoms with E-state index in [9.17, 15) is 4.79 Å². The van der Waals surface area contributed by atoms with E-state index in [2.05, 4.69) is 13.8 Å². The number of hydrogen-bond acceptors (Lipinski definition) is 4. The molecule has 0 saturated carbocycles. The number of aliphatic hydroxyl groups excluding tert-OH is 1. The fraction of sp³-hybridized carbons (Fsp3) is 0.933. The highest BCUT2D eigenvalue weighted by Crippen LogP contribution is 2.22. The van der Waals surface area contributed by atoms with E-state index in [0.717, 1.165) is 12.8 Å². The fourth-order valence-corrected chi connectivity index (χ4v) is 2.75. The lowest BCUT2D eigenvalue weighted by atomic mass is 9.88. The summed E-state index contributed by atoms with van der Waals surface area (Å²) >= 11 is 0. The number of nitrogens with zero attached hydrogens (tertiary/aromatic N) is 1. The molecule has 0 aromatic heterocycles. The lowest BCUT2D eigenvalue weighted by Crippen LogP contribution is -2.52. The Labute approximate surface area is 122 Å². The zero-order valence-corrected chi connectivity index (χ0v) is 13.0. The minimum atomic E-state index is -0.236. The highest BCUT2D eigenvalue weighted by molar-refractivity contribution is 5.76. The third-order valence-electron chi connectivity index (χ3n) is 4.24. The van der Waals surface area contributed by atoms with Gasteiger partial charge in [-0.25, -0.2) is 0 Å². The van der Waals surface area contributed by atoms with Gasteiger partial charge in [0.2, 0.25) is 5.91 Å². The largest absolute Gasteiger partial charge is 0.394 e. The summed E-state index contributed by atoms with van der Waals surface area (Å²) in [6.07, 6.45) is 2.19. The molecule has 1 amide bonds. The Hall–Kier alpha value is -0.650. The summed E-state index contributed by atoms with van der Waals surface area (Å²) in [7, 11) is 0. The molecule has 0 radical (unpaired) electrons. The molecular formula is C15H30N2O3. The molecule has 0 spiro atoms. The van der Waals surface area contributed by atoms with Crippen LogP contribution in [-0.4, -0.2) is 54.4 Å². The molecule has 118 valence electrons. The first kappa shape index (κ1) is 17.4. The van der Waals surface area contributed by atoms with Crippen LogP contribution in [0.15, 0.2) is 0 Å². The average molecular weight is 286 g/mol. The van der Waals surface area contributed by atoms with Gasteiger partial charge >= 0.3 is 0 Å². The van der Waals surface area contributed by atoms with Crippen molar-refractivity contribution < 1.29 is 14.6 Å². The molecule has 1 rings (SSSR count). The standard InChI is InChI=1S/C15H30N2O3/c1-11(2)13(6-7-16)4-5-15(19)17-8-14(9-18)20-10-12(17)3/h11-14,18H,4-10,16H2,1-3H3. The summed E-state index contributed by atoms with van der Waals surface area (Å²) in [4.78, 5) is 14.2. The second kappa shape index (κ2) is 8.60. The van der Waals surface area contributed by atoms with E-state index in [1.807, 2.05) is 11.8 Å². The number of carbonyl (C=O) groups excluding carboxylic acids is 1. The number of hydrogen-bond donors (Lipinski definition) is 2. The summed E-state index contributed by atoms with van der Waals surface area (Å²) in [5.41, 5.74) is 5.64. The third kappa shape index (κ3) is 5.04. The molecule has 3 unspecified atom stereocenters. The summed E-state index contributed by atoms with van der Waals surface area (Å²) in [6, 6.07) is 0.0947. The maximum absolute atomic E-state index is 12.4. The highest BCUT2D eigenvalue weighted by Gasteiger charge is 2.29. The second-order valence-electron chi connectivity index (χ2n) is 6.15. The van der Waals surface area contributed by atoms with E-state index in [4.69, 9.17) is 15.6 Å². The van der Waals surface area contributed by atoms with Crippen LogP contribution in [0.25, 0.3) is 0 Å². The Morgan fingerprint density at radius 2 is 2.15 bits per heavy atom. The van der Waals surface area contributed by atoms with E-state index in [1.54, 1.807) is 0 Å². The normalized spacial score (nSPS) is 25.0. The first-order chi connectivity index (χ1) is 9.49. The number of morpholine rings is 1. The molecule has 0 aromatic carbocycles. The van der Waals surface area contributed by atoms with Crippen LogP contribution in [0.3, 0.4) is 0 Å². The van der Waals surface area contributed by atoms with Crippen LogP contribution in [-0.2, 0) is 9.53 Å². The van der Waals surface area contributed by atoms with E-state index in [1.165, 1.54) is 0 Å². The van der Waals surface area contributed by atoms with Gasteiger partial charge in [-0.3, -0.25) is 4.79 Å². The van der Waals surface area contributed by atoms with Gasteiger partial charge in [0.05, 0.1) is 25.4 Å². The third-order valence-corrected chi connectivity index (χ3v) is 4.24. The Bertz CT molecular complexity index is 297. The van der Waals surface area contributed by atoms with Crippen LogP contribution in [0.4, 0.5) is 0 Å². The minimum Gasteiger partial charge on any atom is -0.394 e. The van der Waals surface area contributed by atoms with Crippen LogP contribution >= 0.6 is 0 Å². The minimum absolute atomic E-state index is 0.0295. The molecule has 1 heterocycles. The highest BCUT2D eigenvalue weighted by atomic mass is 16.5. The second-order valence-corrected chi connectivity index (χ2v) is 6.15. The van der Waals surface area contributed by atoms with Gasteiger partial charge in [-0.05, 0) is 38.1 Å². The van der Waals surface area contributed by atoms with Gasteiger partial charge in [-0.2, -0.15) is 0 Å². The van der Waals surface area contributed by atoms with Gasteiger partial charge in [0.15, 0.2) is 0 Å². The summed E-state index contributed by atoms with van der Waals surface area (Å²) in [5, 5.41) is 9.16. The number of aliphatic hydroxyl groups is 1. The van der Waals surface area contributed by atoms with Crippen LogP contribution < -0.4 is 5.73 Å². The zero-order valence-electron chi connectivity index (χ0n) is 13.0. The van der Waals surface area contributed by atoms with Crippen LogP contribution in [0.1, 0.15) is 40.0 Å². The Balaban J connectivity index is 2.47. The lowest BCUT2D eigenvalue weighted by molar-refractivity contribution is -0.146. The van der Waals surface area contributed by atoms with E-state index < -0.39 is 0 Å². The summed E-state index contributed by atoms with van der Waals surface area (Å²) in [5.74, 6) is 1.23. The molecule has 1 fully saturated rings. The lowest BCUT2D eigenvalue weighted by Gasteiger charge is -2.37. The van der Waals surface area contributed by atoms with E-state index in [0.29, 0.717) is 38.0 Å². The SMILES string of the molecule is CC(C)C(CCN)CCC(=O)N1CC(CO)OCC1C. The summed E-state index contributed by atoms with van der Waals surface area (Å²) < 4.78 is 5.46. The van der Waals surface area contributed by atoms with Gasteiger partial charge < -0.3 is 20.5 Å². The van der Waals surface area contributed by atoms with Crippen LogP contribution in [0.5, 0.6) is 0 Å². The van der Waals surface area contributed by atoms with Crippen molar-refractivity contribution in [2.75, 3.05) is 26.3 Å². The maximum atomic E-state index is 12.4. The number of rotatable bonds is 7. The number of nitrogens with two attached hydrogens (primary N) is 1. The van der Waals surface area contributed by atoms with Crippen molar-refractivity contribution in [2.24, 2.45) is 17.6 Å². The van der Waals surface area contributed by atoms with Crippen molar-refractivity contribution in [2.45, 2.75) is 52.2 Å². The smallest absolute Gasteiger partial charge is 0.222 e. The van der Waals surface area contributed by atoms with Crippen molar-refractivity contribution in [3.05, 3.63) is 0 Å². The maximum Gasteiger partial charge on any atom is 0.222 e. The van der Waals surface area contributed by atoms with Gasteiger partial charge in [-0.1, -0.05) is 13.8 Å². The molecule has 5 heteroatoms. The van der Waals surface area contributed by atoms with Crippen molar-refractivity contribution in [1.29, 1.82) is 0 Å². The Morgan fingerprint density at radius 3 is 2.70 bits per heavy atom. The van der Waals surface area contributed by atoms with E-state index >= 15 is 0 Å². The quantitative estimate of drug-likeness (QED) is 0.732. The molecule has 0 aromatic rings. The van der Waals surface area contributed by atoms with Gasteiger partial charge in [0, 0.05) is 13.0 Å². The first-order valence-electron chi connectivity index (χ1n) is 7.71. The number of ether oxygens (including phenoxy) is 1. The molecule has 1 aliphatic rings. The first-order valence-corrected chi connectivity index (χ1v) is 7.71. The van der Waals surface area contributed by atoms with Crippen molar-refractivity contribution in [3.63, 3.8) is 0 Å². The van der Waals surface area contributed by atoms with Gasteiger partial charge in [-0.15, -0.1) is 0 Å². The molecule has 1 aliphatic heterocycles. The molecular weight excluding hydrogens is 256 g/mol. The van der Waals surface area contributed by atoms with Crippen LogP contribution in [0.2, 0.25) is 0 Å². The van der Waals surface area contributed by atoms with Crippen molar-refractivity contribution in [1.82, 2.24) is 4.90 Å². The molecule has 20 heavy (non-hydrogen) atoms. The van der Waals surface area contributed by atoms with Gasteiger partial charge in [0.1, 0.15) is 0 Å². The monoisotopic (exact) mass is 286 g/mol. The van der Waals surface area contributed by atoms with Crippen molar-refractivity contribution in [3.8, 4) is 0 Å². The number of amides is 1. The Kier molecular flexibility index (Phi) is 7.48. The number of carbonyl (C=O) groups is 1. The van der Waals surface area contributed by atoms with Crippen molar-refractivity contribution >= 4 is 5.91 Å².